The number of hydrogen-bond acceptors (Lipinski definition) is 5. The molecule has 0 saturated carbocycles. The molecule has 30 heavy (non-hydrogen) atoms. The molecule has 0 aliphatic carbocycles. The van der Waals surface area contributed by atoms with E-state index in [1.54, 1.807) is 25.1 Å². The maximum Gasteiger partial charge on any atom is 0.243 e. The zero-order chi connectivity index (χ0) is 21.7. The van der Waals surface area contributed by atoms with E-state index in [1.165, 1.54) is 0 Å². The Morgan fingerprint density at radius 3 is 2.43 bits per heavy atom. The van der Waals surface area contributed by atoms with Crippen LogP contribution in [0.4, 0.5) is 11.4 Å². The second kappa shape index (κ2) is 9.49. The molecule has 2 aromatic rings. The van der Waals surface area contributed by atoms with E-state index in [0.29, 0.717) is 12.2 Å². The maximum absolute atomic E-state index is 12.7. The number of sulfonamides is 1. The van der Waals surface area contributed by atoms with Crippen molar-refractivity contribution in [1.29, 1.82) is 0 Å². The van der Waals surface area contributed by atoms with Crippen LogP contribution in [-0.2, 0) is 26.1 Å². The van der Waals surface area contributed by atoms with Crippen molar-refractivity contribution in [3.8, 4) is 0 Å². The lowest BCUT2D eigenvalue weighted by molar-refractivity contribution is -0.122. The summed E-state index contributed by atoms with van der Waals surface area (Å²) in [6.07, 6.45) is 1.11. The van der Waals surface area contributed by atoms with Gasteiger partial charge in [0.1, 0.15) is 6.04 Å². The molecule has 1 atom stereocenters. The van der Waals surface area contributed by atoms with E-state index >= 15 is 0 Å². The number of ether oxygens (including phenoxy) is 1. The Morgan fingerprint density at radius 2 is 1.83 bits per heavy atom. The second-order valence-electron chi connectivity index (χ2n) is 7.56. The van der Waals surface area contributed by atoms with Gasteiger partial charge in [0.05, 0.1) is 25.2 Å². The lowest BCUT2D eigenvalue weighted by atomic mass is 10.1. The molecule has 1 saturated heterocycles. The van der Waals surface area contributed by atoms with Crippen LogP contribution < -0.4 is 14.5 Å². The molecule has 0 spiro atoms. The Labute approximate surface area is 178 Å². The summed E-state index contributed by atoms with van der Waals surface area (Å²) in [5, 5.41) is 2.86. The molecule has 1 aliphatic heterocycles. The highest BCUT2D eigenvalue weighted by molar-refractivity contribution is 7.92. The number of morpholine rings is 1. The maximum atomic E-state index is 12.7. The number of amides is 1. The van der Waals surface area contributed by atoms with Crippen LogP contribution >= 0.6 is 0 Å². The Bertz CT molecular complexity index is 970. The minimum absolute atomic E-state index is 0.331. The summed E-state index contributed by atoms with van der Waals surface area (Å²) < 4.78 is 31.3. The molecule has 8 heteroatoms. The largest absolute Gasteiger partial charge is 0.378 e. The van der Waals surface area contributed by atoms with Crippen LogP contribution in [0.5, 0.6) is 0 Å². The summed E-state index contributed by atoms with van der Waals surface area (Å²) in [4.78, 5) is 15.0. The van der Waals surface area contributed by atoms with Crippen LogP contribution in [-0.4, -0.2) is 52.9 Å². The zero-order valence-electron chi connectivity index (χ0n) is 17.7. The van der Waals surface area contributed by atoms with Gasteiger partial charge in [0.15, 0.2) is 0 Å². The molecule has 1 amide bonds. The fourth-order valence-electron chi connectivity index (χ4n) is 3.56. The molecule has 0 radical (unpaired) electrons. The third-order valence-corrected chi connectivity index (χ3v) is 6.37. The van der Waals surface area contributed by atoms with Gasteiger partial charge in [-0.2, -0.15) is 0 Å². The lowest BCUT2D eigenvalue weighted by Crippen LogP contribution is -2.47. The van der Waals surface area contributed by atoms with E-state index in [9.17, 15) is 13.2 Å². The van der Waals surface area contributed by atoms with Crippen LogP contribution in [0, 0.1) is 6.92 Å². The summed E-state index contributed by atoms with van der Waals surface area (Å²) in [5.41, 5.74) is 3.49. The van der Waals surface area contributed by atoms with Gasteiger partial charge in [-0.05, 0) is 49.2 Å². The van der Waals surface area contributed by atoms with Gasteiger partial charge in [0, 0.05) is 25.3 Å². The smallest absolute Gasteiger partial charge is 0.243 e. The average Bonchev–Trinajstić information content (AvgIpc) is 2.72. The van der Waals surface area contributed by atoms with Crippen LogP contribution in [0.2, 0.25) is 0 Å². The van der Waals surface area contributed by atoms with E-state index in [0.717, 1.165) is 53.7 Å². The highest BCUT2D eigenvalue weighted by atomic mass is 32.2. The standard InChI is InChI=1S/C22H29N3O4S/c1-17-5-4-6-21(15-17)25(30(3,27)28)18(2)22(26)23-16-19-7-9-20(10-8-19)24-11-13-29-14-12-24/h4-10,15,18H,11-14,16H2,1-3H3,(H,23,26)/t18-/m1/s1. The van der Waals surface area contributed by atoms with Crippen molar-refractivity contribution in [2.45, 2.75) is 26.4 Å². The van der Waals surface area contributed by atoms with Crippen molar-refractivity contribution < 1.29 is 17.9 Å². The number of carbonyl (C=O) groups is 1. The van der Waals surface area contributed by atoms with Crippen LogP contribution in [0.25, 0.3) is 0 Å². The minimum Gasteiger partial charge on any atom is -0.378 e. The highest BCUT2D eigenvalue weighted by Crippen LogP contribution is 2.22. The number of rotatable bonds is 7. The predicted molar refractivity (Wildman–Crippen MR) is 119 cm³/mol. The first kappa shape index (κ1) is 22.1. The first-order valence-electron chi connectivity index (χ1n) is 10.0. The van der Waals surface area contributed by atoms with Crippen LogP contribution in [0.1, 0.15) is 18.1 Å². The molecule has 2 aromatic carbocycles. The van der Waals surface area contributed by atoms with Crippen molar-refractivity contribution in [2.75, 3.05) is 41.8 Å². The quantitative estimate of drug-likeness (QED) is 0.728. The molecule has 7 nitrogen and oxygen atoms in total. The molecular weight excluding hydrogens is 402 g/mol. The van der Waals surface area contributed by atoms with E-state index in [-0.39, 0.29) is 5.91 Å². The van der Waals surface area contributed by atoms with E-state index < -0.39 is 16.1 Å². The van der Waals surface area contributed by atoms with E-state index in [4.69, 9.17) is 4.74 Å². The van der Waals surface area contributed by atoms with Crippen LogP contribution in [0.3, 0.4) is 0 Å². The molecular formula is C22H29N3O4S. The lowest BCUT2D eigenvalue weighted by Gasteiger charge is -2.29. The summed E-state index contributed by atoms with van der Waals surface area (Å²) in [5.74, 6) is -0.348. The van der Waals surface area contributed by atoms with Gasteiger partial charge in [-0.15, -0.1) is 0 Å². The zero-order valence-corrected chi connectivity index (χ0v) is 18.5. The molecule has 0 bridgehead atoms. The summed E-state index contributed by atoms with van der Waals surface area (Å²) >= 11 is 0. The second-order valence-corrected chi connectivity index (χ2v) is 9.42. The topological polar surface area (TPSA) is 79.0 Å². The Morgan fingerprint density at radius 1 is 1.17 bits per heavy atom. The highest BCUT2D eigenvalue weighted by Gasteiger charge is 2.29. The summed E-state index contributed by atoms with van der Waals surface area (Å²) in [6.45, 7) is 7.01. The monoisotopic (exact) mass is 431 g/mol. The first-order valence-corrected chi connectivity index (χ1v) is 11.9. The third-order valence-electron chi connectivity index (χ3n) is 5.12. The van der Waals surface area contributed by atoms with Gasteiger partial charge in [-0.25, -0.2) is 8.42 Å². The van der Waals surface area contributed by atoms with Gasteiger partial charge < -0.3 is 15.0 Å². The fourth-order valence-corrected chi connectivity index (χ4v) is 4.72. The Hall–Kier alpha value is -2.58. The summed E-state index contributed by atoms with van der Waals surface area (Å²) in [6, 6.07) is 14.3. The normalized spacial score (nSPS) is 15.5. The van der Waals surface area contributed by atoms with Gasteiger partial charge in [0.2, 0.25) is 15.9 Å². The number of anilines is 2. The van der Waals surface area contributed by atoms with E-state index in [1.807, 2.05) is 37.3 Å². The summed E-state index contributed by atoms with van der Waals surface area (Å²) in [7, 11) is -3.62. The predicted octanol–water partition coefficient (Wildman–Crippen LogP) is 2.30. The number of aryl methyl sites for hydroxylation is 1. The van der Waals surface area contributed by atoms with Crippen LogP contribution in [0.15, 0.2) is 48.5 Å². The molecule has 1 fully saturated rings. The van der Waals surface area contributed by atoms with Crippen molar-refractivity contribution in [3.63, 3.8) is 0 Å². The molecule has 1 N–H and O–H groups in total. The average molecular weight is 432 g/mol. The molecule has 0 unspecified atom stereocenters. The number of carbonyl (C=O) groups excluding carboxylic acids is 1. The fraction of sp³-hybridized carbons (Fsp3) is 0.409. The van der Waals surface area contributed by atoms with Gasteiger partial charge in [-0.1, -0.05) is 24.3 Å². The Kier molecular flexibility index (Phi) is 6.99. The van der Waals surface area contributed by atoms with E-state index in [2.05, 4.69) is 10.2 Å². The van der Waals surface area contributed by atoms with Crippen molar-refractivity contribution in [3.05, 3.63) is 59.7 Å². The first-order chi connectivity index (χ1) is 14.3. The molecule has 162 valence electrons. The molecule has 3 rings (SSSR count). The number of benzene rings is 2. The molecule has 1 heterocycles. The van der Waals surface area contributed by atoms with Crippen molar-refractivity contribution in [1.82, 2.24) is 5.32 Å². The van der Waals surface area contributed by atoms with Crippen molar-refractivity contribution >= 4 is 27.3 Å². The number of nitrogens with one attached hydrogen (secondary N) is 1. The van der Waals surface area contributed by atoms with Gasteiger partial charge in [0.25, 0.3) is 0 Å². The van der Waals surface area contributed by atoms with Crippen molar-refractivity contribution in [2.24, 2.45) is 0 Å². The minimum atomic E-state index is -3.62. The number of hydrogen-bond donors (Lipinski definition) is 1. The molecule has 0 aromatic heterocycles. The third kappa shape index (κ3) is 5.52. The number of nitrogens with zero attached hydrogens (tertiary/aromatic N) is 2. The Balaban J connectivity index is 1.65. The SMILES string of the molecule is Cc1cccc(N([C@H](C)C(=O)NCc2ccc(N3CCOCC3)cc2)S(C)(=O)=O)c1. The molecule has 1 aliphatic rings. The van der Waals surface area contributed by atoms with Gasteiger partial charge in [-0.3, -0.25) is 9.10 Å². The van der Waals surface area contributed by atoms with Gasteiger partial charge >= 0.3 is 0 Å².